The second-order valence-corrected chi connectivity index (χ2v) is 4.44. The van der Waals surface area contributed by atoms with Crippen LogP contribution in [-0.2, 0) is 9.59 Å². The summed E-state index contributed by atoms with van der Waals surface area (Å²) in [6.07, 6.45) is 0. The first kappa shape index (κ1) is 15.4. The molecule has 2 N–H and O–H groups in total. The molecule has 0 fully saturated rings. The summed E-state index contributed by atoms with van der Waals surface area (Å²) in [5.41, 5.74) is 0.502. The molecular weight excluding hydrogens is 290 g/mol. The van der Waals surface area contributed by atoms with Crippen LogP contribution in [0.3, 0.4) is 0 Å². The molecule has 0 aliphatic carbocycles. The molecule has 0 bridgehead atoms. The van der Waals surface area contributed by atoms with E-state index in [1.165, 1.54) is 21.0 Å². The van der Waals surface area contributed by atoms with Gasteiger partial charge in [-0.15, -0.1) is 0 Å². The molecule has 7 heteroatoms. The molecule has 0 unspecified atom stereocenters. The van der Waals surface area contributed by atoms with Crippen molar-refractivity contribution in [3.8, 4) is 28.6 Å². The summed E-state index contributed by atoms with van der Waals surface area (Å²) in [6, 6.07) is 6.74. The van der Waals surface area contributed by atoms with Crippen molar-refractivity contribution in [1.82, 2.24) is 0 Å². The van der Waals surface area contributed by atoms with Gasteiger partial charge in [0, 0.05) is 19.4 Å². The second-order valence-electron chi connectivity index (χ2n) is 4.44. The number of carbonyl (C=O) groups excluding carboxylic acids is 2. The molecular formula is C15H15NO6. The van der Waals surface area contributed by atoms with Gasteiger partial charge in [-0.2, -0.15) is 0 Å². The maximum Gasteiger partial charge on any atom is 0.308 e. The minimum absolute atomic E-state index is 0.0545. The Balaban J connectivity index is 2.53. The highest BCUT2D eigenvalue weighted by Crippen LogP contribution is 2.46. The zero-order chi connectivity index (χ0) is 16.3. The minimum atomic E-state index is -0.653. The number of hydrogen-bond acceptors (Lipinski definition) is 6. The van der Waals surface area contributed by atoms with E-state index in [1.54, 1.807) is 24.3 Å². The topological polar surface area (TPSA) is 98.0 Å². The average molecular weight is 305 g/mol. The fourth-order valence-electron chi connectivity index (χ4n) is 1.85. The van der Waals surface area contributed by atoms with Crippen LogP contribution in [0.15, 0.2) is 28.7 Å². The first-order valence-electron chi connectivity index (χ1n) is 6.38. The van der Waals surface area contributed by atoms with Gasteiger partial charge in [0.15, 0.2) is 5.76 Å². The predicted molar refractivity (Wildman–Crippen MR) is 78.0 cm³/mol. The number of rotatable bonds is 4. The molecule has 22 heavy (non-hydrogen) atoms. The smallest absolute Gasteiger partial charge is 0.308 e. The highest BCUT2D eigenvalue weighted by Gasteiger charge is 2.25. The van der Waals surface area contributed by atoms with Gasteiger partial charge < -0.3 is 19.0 Å². The lowest BCUT2D eigenvalue weighted by atomic mass is 10.1. The lowest BCUT2D eigenvalue weighted by molar-refractivity contribution is -0.132. The summed E-state index contributed by atoms with van der Waals surface area (Å²) in [5, 5.41) is 12.6. The van der Waals surface area contributed by atoms with E-state index < -0.39 is 11.9 Å². The van der Waals surface area contributed by atoms with E-state index >= 15 is 0 Å². The van der Waals surface area contributed by atoms with Crippen LogP contribution >= 0.6 is 0 Å². The molecule has 1 heterocycles. The number of hydrogen-bond donors (Lipinski definition) is 2. The molecule has 0 saturated carbocycles. The number of esters is 1. The third-order valence-electron chi connectivity index (χ3n) is 2.71. The molecule has 0 atom stereocenters. The number of methoxy groups -OCH3 is 1. The molecule has 116 valence electrons. The summed E-state index contributed by atoms with van der Waals surface area (Å²) in [7, 11) is 1.51. The minimum Gasteiger partial charge on any atom is -0.502 e. The number of aromatic hydroxyl groups is 1. The van der Waals surface area contributed by atoms with Gasteiger partial charge in [-0.25, -0.2) is 0 Å². The molecule has 1 aromatic carbocycles. The Morgan fingerprint density at radius 3 is 2.59 bits per heavy atom. The molecule has 1 aromatic heterocycles. The van der Waals surface area contributed by atoms with E-state index in [-0.39, 0.29) is 23.1 Å². The molecule has 0 aliphatic heterocycles. The van der Waals surface area contributed by atoms with Gasteiger partial charge in [0.2, 0.25) is 23.3 Å². The number of furan rings is 1. The van der Waals surface area contributed by atoms with Crippen molar-refractivity contribution < 1.29 is 28.6 Å². The van der Waals surface area contributed by atoms with E-state index in [1.807, 2.05) is 0 Å². The highest BCUT2D eigenvalue weighted by molar-refractivity contribution is 5.91. The maximum atomic E-state index is 11.2. The number of nitrogens with one attached hydrogen (secondary N) is 1. The Hall–Kier alpha value is -2.96. The van der Waals surface area contributed by atoms with Crippen LogP contribution in [0.5, 0.6) is 17.2 Å². The lowest BCUT2D eigenvalue weighted by Crippen LogP contribution is -2.08. The third kappa shape index (κ3) is 3.20. The molecule has 0 aliphatic rings. The summed E-state index contributed by atoms with van der Waals surface area (Å²) in [5.74, 6) is -1.23. The zero-order valence-corrected chi connectivity index (χ0v) is 12.3. The SMILES string of the molecule is COc1cccc(-c2oc(NC(C)=O)c(OC(C)=O)c2O)c1. The number of ether oxygens (including phenoxy) is 2. The van der Waals surface area contributed by atoms with Gasteiger partial charge in [-0.05, 0) is 12.1 Å². The fraction of sp³-hybridized carbons (Fsp3) is 0.200. The Morgan fingerprint density at radius 1 is 1.27 bits per heavy atom. The van der Waals surface area contributed by atoms with Crippen LogP contribution in [0.1, 0.15) is 13.8 Å². The second kappa shape index (κ2) is 6.21. The van der Waals surface area contributed by atoms with Crippen molar-refractivity contribution in [2.45, 2.75) is 13.8 Å². The molecule has 0 spiro atoms. The Morgan fingerprint density at radius 2 is 2.00 bits per heavy atom. The maximum absolute atomic E-state index is 11.2. The normalized spacial score (nSPS) is 10.1. The van der Waals surface area contributed by atoms with Crippen LogP contribution in [0.25, 0.3) is 11.3 Å². The third-order valence-corrected chi connectivity index (χ3v) is 2.71. The van der Waals surface area contributed by atoms with Crippen LogP contribution in [0.4, 0.5) is 5.88 Å². The molecule has 0 radical (unpaired) electrons. The van der Waals surface area contributed by atoms with E-state index in [9.17, 15) is 14.7 Å². The van der Waals surface area contributed by atoms with Gasteiger partial charge in [0.25, 0.3) is 0 Å². The number of amides is 1. The largest absolute Gasteiger partial charge is 0.502 e. The van der Waals surface area contributed by atoms with Gasteiger partial charge in [0.05, 0.1) is 7.11 Å². The molecule has 2 aromatic rings. The summed E-state index contributed by atoms with van der Waals surface area (Å²) < 4.78 is 15.4. The summed E-state index contributed by atoms with van der Waals surface area (Å²) >= 11 is 0. The summed E-state index contributed by atoms with van der Waals surface area (Å²) in [6.45, 7) is 2.44. The van der Waals surface area contributed by atoms with E-state index in [4.69, 9.17) is 13.9 Å². The fourth-order valence-corrected chi connectivity index (χ4v) is 1.85. The standard InChI is InChI=1S/C15H15NO6/c1-8(17)16-15-14(21-9(2)18)12(19)13(22-15)10-5-4-6-11(7-10)20-3/h4-7,19H,1-3H3,(H,16,17). The van der Waals surface area contributed by atoms with Gasteiger partial charge in [-0.1, -0.05) is 12.1 Å². The van der Waals surface area contributed by atoms with Crippen LogP contribution in [-0.4, -0.2) is 24.1 Å². The molecule has 1 amide bonds. The lowest BCUT2D eigenvalue weighted by Gasteiger charge is -2.02. The Kier molecular flexibility index (Phi) is 4.36. The Labute approximate surface area is 126 Å². The zero-order valence-electron chi connectivity index (χ0n) is 12.3. The monoisotopic (exact) mass is 305 g/mol. The van der Waals surface area contributed by atoms with Crippen molar-refractivity contribution in [2.24, 2.45) is 0 Å². The van der Waals surface area contributed by atoms with Crippen molar-refractivity contribution in [3.63, 3.8) is 0 Å². The highest BCUT2D eigenvalue weighted by atomic mass is 16.6. The predicted octanol–water partition coefficient (Wildman–Crippen LogP) is 2.54. The molecule has 7 nitrogen and oxygen atoms in total. The number of benzene rings is 1. The first-order chi connectivity index (χ1) is 10.4. The van der Waals surface area contributed by atoms with Crippen LogP contribution < -0.4 is 14.8 Å². The van der Waals surface area contributed by atoms with Crippen LogP contribution in [0.2, 0.25) is 0 Å². The number of carbonyl (C=O) groups is 2. The van der Waals surface area contributed by atoms with E-state index in [0.717, 1.165) is 0 Å². The van der Waals surface area contributed by atoms with Crippen molar-refractivity contribution in [2.75, 3.05) is 12.4 Å². The van der Waals surface area contributed by atoms with Gasteiger partial charge in [0.1, 0.15) is 5.75 Å². The molecule has 0 saturated heterocycles. The first-order valence-corrected chi connectivity index (χ1v) is 6.38. The van der Waals surface area contributed by atoms with Crippen molar-refractivity contribution in [3.05, 3.63) is 24.3 Å². The van der Waals surface area contributed by atoms with Gasteiger partial charge in [-0.3, -0.25) is 14.9 Å². The number of anilines is 1. The average Bonchev–Trinajstić information content (AvgIpc) is 2.75. The van der Waals surface area contributed by atoms with Crippen LogP contribution in [0, 0.1) is 0 Å². The van der Waals surface area contributed by atoms with Crippen molar-refractivity contribution >= 4 is 17.8 Å². The van der Waals surface area contributed by atoms with Crippen molar-refractivity contribution in [1.29, 1.82) is 0 Å². The quantitative estimate of drug-likeness (QED) is 0.842. The Bertz CT molecular complexity index is 719. The van der Waals surface area contributed by atoms with Gasteiger partial charge >= 0.3 is 5.97 Å². The summed E-state index contributed by atoms with van der Waals surface area (Å²) in [4.78, 5) is 22.3. The van der Waals surface area contributed by atoms with E-state index in [0.29, 0.717) is 11.3 Å². The molecule has 2 rings (SSSR count). The van der Waals surface area contributed by atoms with E-state index in [2.05, 4.69) is 5.32 Å².